The zero-order valence-corrected chi connectivity index (χ0v) is 23.1. The van der Waals surface area contributed by atoms with Gasteiger partial charge < -0.3 is 0 Å². The van der Waals surface area contributed by atoms with E-state index in [1.807, 2.05) is 6.92 Å². The zero-order chi connectivity index (χ0) is 26.8. The Labute approximate surface area is 229 Å². The van der Waals surface area contributed by atoms with Crippen LogP contribution < -0.4 is 0 Å². The van der Waals surface area contributed by atoms with Crippen molar-refractivity contribution in [2.24, 2.45) is 23.7 Å². The molecule has 11 heteroatoms. The van der Waals surface area contributed by atoms with Crippen LogP contribution in [-0.4, -0.2) is 54.1 Å². The number of nitrogens with zero attached hydrogens (tertiary/aromatic N) is 3. The number of amides is 3. The van der Waals surface area contributed by atoms with Crippen molar-refractivity contribution in [1.29, 1.82) is 0 Å². The lowest BCUT2D eigenvalue weighted by Gasteiger charge is -2.35. The quantitative estimate of drug-likeness (QED) is 0.154. The number of nitro benzene ring substituents is 1. The fraction of sp³-hybridized carbons (Fsp3) is 0.385. The highest BCUT2D eigenvalue weighted by molar-refractivity contribution is 9.12. The molecule has 2 saturated carbocycles. The van der Waals surface area contributed by atoms with Crippen LogP contribution >= 0.6 is 31.9 Å². The lowest BCUT2D eigenvalue weighted by Crippen LogP contribution is -2.56. The van der Waals surface area contributed by atoms with E-state index in [9.17, 15) is 29.3 Å². The van der Waals surface area contributed by atoms with Crippen molar-refractivity contribution in [2.75, 3.05) is 0 Å². The lowest BCUT2D eigenvalue weighted by atomic mass is 9.81. The first-order chi connectivity index (χ1) is 17.5. The Morgan fingerprint density at radius 1 is 0.946 bits per heavy atom. The molecule has 2 aliphatic carbocycles. The van der Waals surface area contributed by atoms with E-state index in [1.165, 1.54) is 31.2 Å². The van der Waals surface area contributed by atoms with E-state index in [2.05, 4.69) is 31.9 Å². The van der Waals surface area contributed by atoms with Crippen LogP contribution in [0, 0.1) is 40.7 Å². The number of alkyl halides is 2. The molecule has 192 valence electrons. The van der Waals surface area contributed by atoms with Gasteiger partial charge in [-0.2, -0.15) is 5.01 Å². The van der Waals surface area contributed by atoms with Gasteiger partial charge in [0.1, 0.15) is 6.04 Å². The Morgan fingerprint density at radius 3 is 1.92 bits per heavy atom. The molecule has 0 unspecified atom stereocenters. The van der Waals surface area contributed by atoms with Crippen LogP contribution in [0.1, 0.15) is 39.6 Å². The van der Waals surface area contributed by atoms with Crippen molar-refractivity contribution in [3.63, 3.8) is 0 Å². The maximum absolute atomic E-state index is 13.8. The smallest absolute Gasteiger partial charge is 0.273 e. The average Bonchev–Trinajstić information content (AvgIpc) is 3.50. The van der Waals surface area contributed by atoms with E-state index in [0.29, 0.717) is 5.56 Å². The van der Waals surface area contributed by atoms with Gasteiger partial charge >= 0.3 is 0 Å². The summed E-state index contributed by atoms with van der Waals surface area (Å²) in [6, 6.07) is 10.5. The SMILES string of the molecule is Cc1ccc(C(=O)[C@H](C)N(C(=O)c2ccc([N+](=O)[O-])cc2)N2C(=O)[C@@H]3[C@H]4C[C@@H]([C@H](Br)[C@H]4Br)[C@H]3C2=O)cc1. The molecule has 5 rings (SSSR count). The van der Waals surface area contributed by atoms with Gasteiger partial charge in [-0.1, -0.05) is 61.7 Å². The molecule has 2 aromatic carbocycles. The summed E-state index contributed by atoms with van der Waals surface area (Å²) in [5.74, 6) is -3.49. The third-order valence-corrected chi connectivity index (χ3v) is 11.0. The summed E-state index contributed by atoms with van der Waals surface area (Å²) in [6.07, 6.45) is 0.723. The van der Waals surface area contributed by atoms with E-state index in [0.717, 1.165) is 22.0 Å². The minimum absolute atomic E-state index is 0.0147. The molecule has 7 atom stereocenters. The highest BCUT2D eigenvalue weighted by atomic mass is 79.9. The van der Waals surface area contributed by atoms with Gasteiger partial charge in [-0.3, -0.25) is 29.3 Å². The standard InChI is InChI=1S/C26H23Br2N3O6/c1-12-3-5-14(6-4-12)23(32)13(2)29(24(33)15-7-9-16(10-8-15)31(36)37)30-25(34)19-17-11-18(20(19)26(30)35)22(28)21(17)27/h3-10,13,17-22H,11H2,1-2H3/t13-,17+,18+,19+,20+,21-,22-/m0/s1. The Bertz CT molecular complexity index is 1280. The molecule has 0 aromatic heterocycles. The van der Waals surface area contributed by atoms with Crippen LogP contribution in [0.15, 0.2) is 48.5 Å². The molecule has 0 N–H and O–H groups in total. The molecular weight excluding hydrogens is 610 g/mol. The second kappa shape index (κ2) is 9.43. The van der Waals surface area contributed by atoms with E-state index in [-0.39, 0.29) is 32.7 Å². The molecule has 1 heterocycles. The maximum atomic E-state index is 13.8. The fourth-order valence-corrected chi connectivity index (χ4v) is 7.79. The lowest BCUT2D eigenvalue weighted by molar-refractivity contribution is -0.384. The molecule has 1 saturated heterocycles. The first-order valence-corrected chi connectivity index (χ1v) is 13.7. The highest BCUT2D eigenvalue weighted by Gasteiger charge is 2.68. The number of benzene rings is 2. The number of Topliss-reactive ketones (excluding diaryl/α,β-unsaturated/α-hetero) is 1. The monoisotopic (exact) mass is 631 g/mol. The van der Waals surface area contributed by atoms with Gasteiger partial charge in [0, 0.05) is 32.9 Å². The summed E-state index contributed by atoms with van der Waals surface area (Å²) in [5, 5.41) is 12.9. The number of carbonyl (C=O) groups excluding carboxylic acids is 4. The molecule has 0 radical (unpaired) electrons. The number of nitro groups is 1. The summed E-state index contributed by atoms with van der Waals surface area (Å²) >= 11 is 7.31. The number of carbonyl (C=O) groups is 4. The Morgan fingerprint density at radius 2 is 1.43 bits per heavy atom. The normalized spacial score (nSPS) is 28.8. The van der Waals surface area contributed by atoms with E-state index in [4.69, 9.17) is 0 Å². The summed E-state index contributed by atoms with van der Waals surface area (Å²) in [7, 11) is 0. The molecule has 3 fully saturated rings. The van der Waals surface area contributed by atoms with E-state index >= 15 is 0 Å². The highest BCUT2D eigenvalue weighted by Crippen LogP contribution is 2.60. The molecule has 3 aliphatic rings. The number of hydrogen-bond donors (Lipinski definition) is 0. The third-order valence-electron chi connectivity index (χ3n) is 7.79. The van der Waals surface area contributed by atoms with Crippen LogP contribution in [0.5, 0.6) is 0 Å². The zero-order valence-electron chi connectivity index (χ0n) is 19.9. The number of non-ortho nitro benzene ring substituents is 1. The van der Waals surface area contributed by atoms with Gasteiger partial charge in [0.15, 0.2) is 5.78 Å². The topological polar surface area (TPSA) is 118 Å². The van der Waals surface area contributed by atoms with Crippen LogP contribution in [0.2, 0.25) is 0 Å². The first-order valence-electron chi connectivity index (χ1n) is 11.9. The second-order valence-electron chi connectivity index (χ2n) is 9.85. The maximum Gasteiger partial charge on any atom is 0.273 e. The van der Waals surface area contributed by atoms with Gasteiger partial charge in [0.2, 0.25) is 0 Å². The number of hydrogen-bond acceptors (Lipinski definition) is 6. The van der Waals surface area contributed by atoms with Crippen molar-refractivity contribution in [2.45, 2.75) is 36.0 Å². The van der Waals surface area contributed by atoms with Crippen LogP contribution in [0.4, 0.5) is 5.69 Å². The minimum Gasteiger partial charge on any atom is -0.292 e. The molecule has 0 spiro atoms. The Balaban J connectivity index is 1.54. The number of rotatable bonds is 6. The number of fused-ring (bicyclic) bond motifs is 5. The van der Waals surface area contributed by atoms with Crippen molar-refractivity contribution in [1.82, 2.24) is 10.0 Å². The number of hydrazine groups is 1. The molecule has 37 heavy (non-hydrogen) atoms. The number of imide groups is 1. The van der Waals surface area contributed by atoms with Gasteiger partial charge in [-0.25, -0.2) is 5.01 Å². The summed E-state index contributed by atoms with van der Waals surface area (Å²) in [5.41, 5.74) is 1.09. The summed E-state index contributed by atoms with van der Waals surface area (Å²) in [4.78, 5) is 65.3. The first kappa shape index (κ1) is 25.7. The number of halogens is 2. The van der Waals surface area contributed by atoms with Crippen molar-refractivity contribution < 1.29 is 24.1 Å². The third kappa shape index (κ3) is 4.03. The summed E-state index contributed by atoms with van der Waals surface area (Å²) in [6.45, 7) is 3.36. The fourth-order valence-electron chi connectivity index (χ4n) is 5.91. The molecule has 3 amide bonds. The Hall–Kier alpha value is -2.92. The van der Waals surface area contributed by atoms with Crippen molar-refractivity contribution in [3.8, 4) is 0 Å². The number of ketones is 1. The molecule has 2 aromatic rings. The minimum atomic E-state index is -1.19. The molecule has 2 bridgehead atoms. The number of aryl methyl sites for hydroxylation is 1. The average molecular weight is 633 g/mol. The van der Waals surface area contributed by atoms with Crippen LogP contribution in [0.25, 0.3) is 0 Å². The van der Waals surface area contributed by atoms with Gasteiger partial charge in [-0.15, -0.1) is 0 Å². The predicted octanol–water partition coefficient (Wildman–Crippen LogP) is 4.31. The van der Waals surface area contributed by atoms with Gasteiger partial charge in [-0.05, 0) is 44.2 Å². The van der Waals surface area contributed by atoms with Crippen LogP contribution in [0.3, 0.4) is 0 Å². The molecule has 9 nitrogen and oxygen atoms in total. The summed E-state index contributed by atoms with van der Waals surface area (Å²) < 4.78 is 0. The van der Waals surface area contributed by atoms with E-state index in [1.54, 1.807) is 24.3 Å². The Kier molecular flexibility index (Phi) is 6.56. The van der Waals surface area contributed by atoms with Gasteiger partial charge in [0.05, 0.1) is 16.8 Å². The van der Waals surface area contributed by atoms with Gasteiger partial charge in [0.25, 0.3) is 23.4 Å². The van der Waals surface area contributed by atoms with Crippen molar-refractivity contribution >= 4 is 61.1 Å². The van der Waals surface area contributed by atoms with E-state index < -0.39 is 46.3 Å². The predicted molar refractivity (Wildman–Crippen MR) is 140 cm³/mol. The van der Waals surface area contributed by atoms with Crippen LogP contribution in [-0.2, 0) is 9.59 Å². The molecular formula is C26H23Br2N3O6. The van der Waals surface area contributed by atoms with Crippen molar-refractivity contribution in [3.05, 3.63) is 75.3 Å². The molecule has 1 aliphatic heterocycles. The largest absolute Gasteiger partial charge is 0.292 e. The second-order valence-corrected chi connectivity index (χ2v) is 12.0.